The van der Waals surface area contributed by atoms with Crippen molar-refractivity contribution in [2.24, 2.45) is 0 Å². The van der Waals surface area contributed by atoms with E-state index in [0.717, 1.165) is 0 Å². The number of aromatic hydroxyl groups is 2. The normalized spacial score (nSPS) is 9.92. The van der Waals surface area contributed by atoms with Gasteiger partial charge in [-0.15, -0.1) is 0 Å². The molecule has 0 saturated heterocycles. The lowest BCUT2D eigenvalue weighted by Crippen LogP contribution is -2.10. The van der Waals surface area contributed by atoms with Gasteiger partial charge in [-0.25, -0.2) is 0 Å². The van der Waals surface area contributed by atoms with Crippen molar-refractivity contribution in [2.75, 3.05) is 37.9 Å². The fourth-order valence-corrected chi connectivity index (χ4v) is 1.66. The van der Waals surface area contributed by atoms with Gasteiger partial charge in [0, 0.05) is 17.3 Å². The molecule has 2 rings (SSSR count). The van der Waals surface area contributed by atoms with Crippen molar-refractivity contribution >= 4 is 11.4 Å². The summed E-state index contributed by atoms with van der Waals surface area (Å²) >= 11 is 0. The maximum Gasteiger partial charge on any atom is 0.144 e. The predicted molar refractivity (Wildman–Crippen MR) is 93.2 cm³/mol. The minimum Gasteiger partial charge on any atom is -0.508 e. The Morgan fingerprint density at radius 3 is 2.21 bits per heavy atom. The number of hydrogen-bond acceptors (Lipinski definition) is 7. The van der Waals surface area contributed by atoms with Gasteiger partial charge in [-0.05, 0) is 31.2 Å². The molecule has 0 bridgehead atoms. The van der Waals surface area contributed by atoms with E-state index >= 15 is 0 Å². The Morgan fingerprint density at radius 1 is 0.958 bits per heavy atom. The van der Waals surface area contributed by atoms with Crippen molar-refractivity contribution in [3.8, 4) is 17.2 Å². The van der Waals surface area contributed by atoms with Gasteiger partial charge in [-0.3, -0.25) is 0 Å². The number of aliphatic hydroxyl groups excluding tert-OH is 1. The van der Waals surface area contributed by atoms with Gasteiger partial charge in [0.2, 0.25) is 0 Å². The molecule has 0 aliphatic rings. The fourth-order valence-electron chi connectivity index (χ4n) is 1.66. The topological polar surface area (TPSA) is 131 Å². The number of phenols is 2. The quantitative estimate of drug-likeness (QED) is 0.400. The third-order valence-electron chi connectivity index (χ3n) is 3.04. The van der Waals surface area contributed by atoms with Crippen molar-refractivity contribution < 1.29 is 24.8 Å². The van der Waals surface area contributed by atoms with Crippen molar-refractivity contribution in [1.82, 2.24) is 0 Å². The molecule has 132 valence electrons. The number of rotatable bonds is 6. The molecule has 0 aliphatic carbocycles. The first-order valence-electron chi connectivity index (χ1n) is 7.39. The Bertz CT molecular complexity index is 614. The van der Waals surface area contributed by atoms with Gasteiger partial charge in [0.1, 0.15) is 23.9 Å². The van der Waals surface area contributed by atoms with E-state index in [1.807, 2.05) is 0 Å². The summed E-state index contributed by atoms with van der Waals surface area (Å²) in [6.07, 6.45) is 0. The van der Waals surface area contributed by atoms with E-state index in [9.17, 15) is 0 Å². The number of nitrogen functional groups attached to an aromatic ring is 2. The molecule has 0 radical (unpaired) electrons. The second kappa shape index (κ2) is 10.2. The molecule has 0 unspecified atom stereocenters. The molecule has 0 amide bonds. The first kappa shape index (κ1) is 19.4. The first-order chi connectivity index (χ1) is 11.5. The minimum absolute atomic E-state index is 0.0143. The Morgan fingerprint density at radius 2 is 1.62 bits per heavy atom. The van der Waals surface area contributed by atoms with Crippen LogP contribution in [0, 0.1) is 6.92 Å². The summed E-state index contributed by atoms with van der Waals surface area (Å²) in [5, 5.41) is 26.3. The molecule has 24 heavy (non-hydrogen) atoms. The molecule has 0 atom stereocenters. The Balaban J connectivity index is 0.000000272. The molecule has 0 saturated carbocycles. The highest BCUT2D eigenvalue weighted by Gasteiger charge is 2.00. The Hall–Kier alpha value is -2.64. The minimum atomic E-state index is 0.0143. The molecule has 0 spiro atoms. The Labute approximate surface area is 141 Å². The van der Waals surface area contributed by atoms with E-state index in [0.29, 0.717) is 42.5 Å². The zero-order valence-electron chi connectivity index (χ0n) is 13.6. The van der Waals surface area contributed by atoms with Crippen LogP contribution in [0.2, 0.25) is 0 Å². The second-order valence-corrected chi connectivity index (χ2v) is 4.90. The standard InChI is InChI=1S/C10H16N2O3.C7H8O2/c11-8-1-2-9(12)10(7-8)15-6-5-14-4-3-13;1-5-6(8)3-2-4-7(5)9/h1-2,7,13H,3-6,11-12H2;2-4,8-9H,1H3. The van der Waals surface area contributed by atoms with Gasteiger partial charge in [-0.1, -0.05) is 6.07 Å². The van der Waals surface area contributed by atoms with Crippen LogP contribution >= 0.6 is 0 Å². The summed E-state index contributed by atoms with van der Waals surface area (Å²) < 4.78 is 10.4. The van der Waals surface area contributed by atoms with Crippen LogP contribution in [0.3, 0.4) is 0 Å². The summed E-state index contributed by atoms with van der Waals surface area (Å²) in [6.45, 7) is 2.78. The second-order valence-electron chi connectivity index (χ2n) is 4.90. The highest BCUT2D eigenvalue weighted by atomic mass is 16.5. The van der Waals surface area contributed by atoms with Crippen LogP contribution in [-0.4, -0.2) is 41.7 Å². The highest BCUT2D eigenvalue weighted by Crippen LogP contribution is 2.24. The molecule has 7 nitrogen and oxygen atoms in total. The maximum absolute atomic E-state index is 8.94. The van der Waals surface area contributed by atoms with Gasteiger partial charge >= 0.3 is 0 Å². The van der Waals surface area contributed by atoms with Crippen LogP contribution < -0.4 is 16.2 Å². The van der Waals surface area contributed by atoms with E-state index in [-0.39, 0.29) is 18.1 Å². The summed E-state index contributed by atoms with van der Waals surface area (Å²) in [5.41, 5.74) is 12.9. The summed E-state index contributed by atoms with van der Waals surface area (Å²) in [5.74, 6) is 0.826. The van der Waals surface area contributed by atoms with Crippen LogP contribution in [-0.2, 0) is 4.74 Å². The molecule has 2 aromatic rings. The lowest BCUT2D eigenvalue weighted by Gasteiger charge is -2.09. The molecule has 0 fully saturated rings. The van der Waals surface area contributed by atoms with Crippen molar-refractivity contribution in [1.29, 1.82) is 0 Å². The molecule has 0 aliphatic heterocycles. The van der Waals surface area contributed by atoms with E-state index in [1.54, 1.807) is 31.2 Å². The number of nitrogens with two attached hydrogens (primary N) is 2. The van der Waals surface area contributed by atoms with Gasteiger partial charge < -0.3 is 36.3 Å². The van der Waals surface area contributed by atoms with Crippen LogP contribution in [0.4, 0.5) is 11.4 Å². The summed E-state index contributed by atoms with van der Waals surface area (Å²) in [7, 11) is 0. The third kappa shape index (κ3) is 6.64. The highest BCUT2D eigenvalue weighted by molar-refractivity contribution is 5.59. The fraction of sp³-hybridized carbons (Fsp3) is 0.294. The van der Waals surface area contributed by atoms with E-state index in [4.69, 9.17) is 36.3 Å². The summed E-state index contributed by atoms with van der Waals surface area (Å²) in [4.78, 5) is 0. The molecular formula is C17H24N2O5. The number of aliphatic hydroxyl groups is 1. The lowest BCUT2D eigenvalue weighted by atomic mass is 10.2. The average molecular weight is 336 g/mol. The lowest BCUT2D eigenvalue weighted by molar-refractivity contribution is 0.0707. The average Bonchev–Trinajstić information content (AvgIpc) is 2.56. The van der Waals surface area contributed by atoms with Crippen molar-refractivity contribution in [3.05, 3.63) is 42.0 Å². The number of ether oxygens (including phenoxy) is 2. The van der Waals surface area contributed by atoms with Crippen LogP contribution in [0.1, 0.15) is 5.56 Å². The van der Waals surface area contributed by atoms with Crippen LogP contribution in [0.5, 0.6) is 17.2 Å². The zero-order chi connectivity index (χ0) is 17.9. The van der Waals surface area contributed by atoms with Gasteiger partial charge in [0.05, 0.1) is 25.5 Å². The third-order valence-corrected chi connectivity index (χ3v) is 3.04. The monoisotopic (exact) mass is 336 g/mol. The van der Waals surface area contributed by atoms with Crippen molar-refractivity contribution in [2.45, 2.75) is 6.92 Å². The van der Waals surface area contributed by atoms with Gasteiger partial charge in [0.15, 0.2) is 0 Å². The molecule has 0 aromatic heterocycles. The number of phenolic OH excluding ortho intramolecular Hbond substituents is 2. The zero-order valence-corrected chi connectivity index (χ0v) is 13.6. The van der Waals surface area contributed by atoms with Gasteiger partial charge in [-0.2, -0.15) is 0 Å². The number of benzene rings is 2. The van der Waals surface area contributed by atoms with E-state index in [2.05, 4.69) is 0 Å². The molecule has 7 N–H and O–H groups in total. The SMILES string of the molecule is Cc1c(O)cccc1O.Nc1ccc(N)c(OCCOCCO)c1. The molecule has 2 aromatic carbocycles. The smallest absolute Gasteiger partial charge is 0.144 e. The van der Waals surface area contributed by atoms with Crippen LogP contribution in [0.25, 0.3) is 0 Å². The number of anilines is 2. The number of hydrogen-bond donors (Lipinski definition) is 5. The van der Waals surface area contributed by atoms with E-state index < -0.39 is 0 Å². The first-order valence-corrected chi connectivity index (χ1v) is 7.39. The maximum atomic E-state index is 8.94. The van der Waals surface area contributed by atoms with E-state index in [1.165, 1.54) is 12.1 Å². The van der Waals surface area contributed by atoms with Crippen molar-refractivity contribution in [3.63, 3.8) is 0 Å². The summed E-state index contributed by atoms with van der Waals surface area (Å²) in [6, 6.07) is 9.74. The molecule has 7 heteroatoms. The van der Waals surface area contributed by atoms with Gasteiger partial charge in [0.25, 0.3) is 0 Å². The molecule has 0 heterocycles. The largest absolute Gasteiger partial charge is 0.508 e. The predicted octanol–water partition coefficient (Wildman–Crippen LogP) is 1.64. The van der Waals surface area contributed by atoms with Crippen LogP contribution in [0.15, 0.2) is 36.4 Å². The Kier molecular flexibility index (Phi) is 8.24. The molecular weight excluding hydrogens is 312 g/mol.